The third-order valence-corrected chi connectivity index (χ3v) is 2.47. The summed E-state index contributed by atoms with van der Waals surface area (Å²) in [4.78, 5) is 22.8. The van der Waals surface area contributed by atoms with Crippen LogP contribution in [-0.4, -0.2) is 25.0 Å². The Morgan fingerprint density at radius 1 is 1.39 bits per heavy atom. The Hall–Kier alpha value is -2.05. The number of ether oxygens (including phenoxy) is 1. The van der Waals surface area contributed by atoms with Crippen LogP contribution in [0.2, 0.25) is 0 Å². The Morgan fingerprint density at radius 2 is 2.11 bits per heavy atom. The smallest absolute Gasteiger partial charge is 0.416 e. The summed E-state index contributed by atoms with van der Waals surface area (Å²) in [5.74, 6) is 0. The highest BCUT2D eigenvalue weighted by molar-refractivity contribution is 5.92. The van der Waals surface area contributed by atoms with E-state index in [2.05, 4.69) is 4.74 Å². The van der Waals surface area contributed by atoms with Crippen LogP contribution in [0.3, 0.4) is 0 Å². The van der Waals surface area contributed by atoms with Crippen molar-refractivity contribution in [2.75, 3.05) is 11.4 Å². The molecule has 0 aliphatic carbocycles. The number of amides is 1. The summed E-state index contributed by atoms with van der Waals surface area (Å²) < 4.78 is 42.2. The fraction of sp³-hybridized carbons (Fsp3) is 0.273. The zero-order chi connectivity index (χ0) is 13.3. The highest BCUT2D eigenvalue weighted by Gasteiger charge is 2.35. The quantitative estimate of drug-likeness (QED) is 0.765. The van der Waals surface area contributed by atoms with Crippen molar-refractivity contribution in [2.24, 2.45) is 0 Å². The van der Waals surface area contributed by atoms with Gasteiger partial charge in [-0.15, -0.1) is 0 Å². The summed E-state index contributed by atoms with van der Waals surface area (Å²) in [6, 6.07) is 4.29. The number of halogens is 3. The van der Waals surface area contributed by atoms with E-state index in [0.717, 1.165) is 17.0 Å². The van der Waals surface area contributed by atoms with Crippen LogP contribution in [0.15, 0.2) is 24.3 Å². The summed E-state index contributed by atoms with van der Waals surface area (Å²) in [6.45, 7) is -0.0797. The second-order valence-electron chi connectivity index (χ2n) is 3.72. The molecule has 0 spiro atoms. The lowest BCUT2D eigenvalue weighted by Crippen LogP contribution is -2.25. The molecule has 1 aromatic carbocycles. The number of rotatable bonds is 2. The molecule has 7 heteroatoms. The Labute approximate surface area is 99.9 Å². The number of nitrogens with zero attached hydrogens (tertiary/aromatic N) is 1. The predicted molar refractivity (Wildman–Crippen MR) is 55.1 cm³/mol. The van der Waals surface area contributed by atoms with Gasteiger partial charge in [0.25, 0.3) is 0 Å². The van der Waals surface area contributed by atoms with Crippen molar-refractivity contribution in [1.82, 2.24) is 0 Å². The maximum Gasteiger partial charge on any atom is 0.416 e. The first-order valence-corrected chi connectivity index (χ1v) is 5.02. The van der Waals surface area contributed by atoms with E-state index < -0.39 is 23.9 Å². The van der Waals surface area contributed by atoms with Gasteiger partial charge in [-0.1, -0.05) is 6.07 Å². The summed E-state index contributed by atoms with van der Waals surface area (Å²) in [5, 5.41) is 0. The van der Waals surface area contributed by atoms with Gasteiger partial charge in [-0.2, -0.15) is 13.2 Å². The van der Waals surface area contributed by atoms with E-state index in [0.29, 0.717) is 6.29 Å². The van der Waals surface area contributed by atoms with E-state index >= 15 is 0 Å². The molecule has 0 bridgehead atoms. The Kier molecular flexibility index (Phi) is 2.98. The molecule has 1 aliphatic heterocycles. The fourth-order valence-corrected chi connectivity index (χ4v) is 1.62. The molecule has 1 unspecified atom stereocenters. The lowest BCUT2D eigenvalue weighted by atomic mass is 10.2. The van der Waals surface area contributed by atoms with Gasteiger partial charge >= 0.3 is 12.3 Å². The van der Waals surface area contributed by atoms with Gasteiger partial charge in [0.05, 0.1) is 12.1 Å². The van der Waals surface area contributed by atoms with Gasteiger partial charge in [-0.3, -0.25) is 9.69 Å². The molecule has 0 saturated carbocycles. The number of carbonyl (C=O) groups excluding carboxylic acids is 2. The maximum atomic E-state index is 12.5. The van der Waals surface area contributed by atoms with Crippen molar-refractivity contribution in [3.8, 4) is 0 Å². The molecule has 18 heavy (non-hydrogen) atoms. The van der Waals surface area contributed by atoms with Crippen LogP contribution < -0.4 is 4.90 Å². The van der Waals surface area contributed by atoms with Crippen LogP contribution in [0, 0.1) is 0 Å². The van der Waals surface area contributed by atoms with E-state index in [1.165, 1.54) is 12.1 Å². The molecular formula is C11H8F3NO3. The summed E-state index contributed by atoms with van der Waals surface area (Å²) in [6.07, 6.45) is -5.81. The minimum Gasteiger partial charge on any atom is -0.436 e. The van der Waals surface area contributed by atoms with Gasteiger partial charge < -0.3 is 4.74 Å². The number of hydrogen-bond donors (Lipinski definition) is 0. The lowest BCUT2D eigenvalue weighted by molar-refractivity contribution is -0.137. The molecule has 1 aliphatic rings. The number of benzene rings is 1. The molecule has 0 N–H and O–H groups in total. The molecule has 96 valence electrons. The number of aldehydes is 1. The van der Waals surface area contributed by atoms with Crippen molar-refractivity contribution >= 4 is 18.1 Å². The topological polar surface area (TPSA) is 46.6 Å². The summed E-state index contributed by atoms with van der Waals surface area (Å²) in [5.41, 5.74) is -0.804. The van der Waals surface area contributed by atoms with E-state index in [1.54, 1.807) is 0 Å². The minimum absolute atomic E-state index is 0.0548. The normalized spacial score (nSPS) is 19.8. The highest BCUT2D eigenvalue weighted by atomic mass is 19.4. The average molecular weight is 259 g/mol. The zero-order valence-electron chi connectivity index (χ0n) is 8.98. The van der Waals surface area contributed by atoms with Gasteiger partial charge in [0.15, 0.2) is 12.4 Å². The van der Waals surface area contributed by atoms with E-state index in [4.69, 9.17) is 0 Å². The first-order chi connectivity index (χ1) is 8.41. The van der Waals surface area contributed by atoms with Crippen LogP contribution >= 0.6 is 0 Å². The monoisotopic (exact) mass is 259 g/mol. The number of carbonyl (C=O) groups is 2. The number of anilines is 1. The second kappa shape index (κ2) is 4.32. The minimum atomic E-state index is -4.48. The van der Waals surface area contributed by atoms with Gasteiger partial charge in [0, 0.05) is 5.69 Å². The van der Waals surface area contributed by atoms with Gasteiger partial charge in [-0.05, 0) is 18.2 Å². The number of cyclic esters (lactones) is 1. The SMILES string of the molecule is O=CC1CN(c2cccc(C(F)(F)F)c2)C(=O)O1. The first-order valence-electron chi connectivity index (χ1n) is 5.02. The van der Waals surface area contributed by atoms with Crippen molar-refractivity contribution < 1.29 is 27.5 Å². The van der Waals surface area contributed by atoms with Crippen LogP contribution in [0.25, 0.3) is 0 Å². The molecular weight excluding hydrogens is 251 g/mol. The standard InChI is InChI=1S/C11H8F3NO3/c12-11(13,14)7-2-1-3-8(4-7)15-5-9(6-16)18-10(15)17/h1-4,6,9H,5H2. The van der Waals surface area contributed by atoms with E-state index in [-0.39, 0.29) is 12.2 Å². The van der Waals surface area contributed by atoms with Gasteiger partial charge in [0.1, 0.15) is 0 Å². The van der Waals surface area contributed by atoms with E-state index in [9.17, 15) is 22.8 Å². The third kappa shape index (κ3) is 2.29. The molecule has 1 fully saturated rings. The second-order valence-corrected chi connectivity index (χ2v) is 3.72. The highest BCUT2D eigenvalue weighted by Crippen LogP contribution is 2.32. The molecule has 0 radical (unpaired) electrons. The number of alkyl halides is 3. The number of hydrogen-bond acceptors (Lipinski definition) is 3. The van der Waals surface area contributed by atoms with Crippen LogP contribution in [0.4, 0.5) is 23.7 Å². The van der Waals surface area contributed by atoms with Crippen molar-refractivity contribution in [3.63, 3.8) is 0 Å². The fourth-order valence-electron chi connectivity index (χ4n) is 1.62. The Bertz CT molecular complexity index is 487. The zero-order valence-corrected chi connectivity index (χ0v) is 8.98. The van der Waals surface area contributed by atoms with Crippen molar-refractivity contribution in [3.05, 3.63) is 29.8 Å². The largest absolute Gasteiger partial charge is 0.436 e. The molecule has 1 heterocycles. The molecule has 1 amide bonds. The van der Waals surface area contributed by atoms with Gasteiger partial charge in [0.2, 0.25) is 0 Å². The average Bonchev–Trinajstić information content (AvgIpc) is 2.70. The van der Waals surface area contributed by atoms with Crippen LogP contribution in [0.1, 0.15) is 5.56 Å². The van der Waals surface area contributed by atoms with Crippen molar-refractivity contribution in [1.29, 1.82) is 0 Å². The Balaban J connectivity index is 2.29. The van der Waals surface area contributed by atoms with E-state index in [1.807, 2.05) is 0 Å². The third-order valence-electron chi connectivity index (χ3n) is 2.47. The Morgan fingerprint density at radius 3 is 2.67 bits per heavy atom. The molecule has 4 nitrogen and oxygen atoms in total. The van der Waals surface area contributed by atoms with Crippen LogP contribution in [0.5, 0.6) is 0 Å². The first kappa shape index (κ1) is 12.4. The molecule has 1 saturated heterocycles. The summed E-state index contributed by atoms with van der Waals surface area (Å²) >= 11 is 0. The lowest BCUT2D eigenvalue weighted by Gasteiger charge is -2.14. The molecule has 1 atom stereocenters. The predicted octanol–water partition coefficient (Wildman–Crippen LogP) is 2.23. The molecule has 0 aromatic heterocycles. The summed E-state index contributed by atoms with van der Waals surface area (Å²) in [7, 11) is 0. The van der Waals surface area contributed by atoms with Crippen LogP contribution in [-0.2, 0) is 15.7 Å². The maximum absolute atomic E-state index is 12.5. The molecule has 2 rings (SSSR count). The van der Waals surface area contributed by atoms with Gasteiger partial charge in [-0.25, -0.2) is 4.79 Å². The van der Waals surface area contributed by atoms with Crippen molar-refractivity contribution in [2.45, 2.75) is 12.3 Å². The molecule has 1 aromatic rings.